The monoisotopic (exact) mass is 554 g/mol. The Balaban J connectivity index is 1.75. The van der Waals surface area contributed by atoms with Crippen molar-refractivity contribution < 1.29 is 19.1 Å². The third-order valence-corrected chi connectivity index (χ3v) is 6.06. The van der Waals surface area contributed by atoms with Crippen LogP contribution in [0.4, 0.5) is 0 Å². The molecule has 0 aromatic heterocycles. The molecule has 8 heteroatoms. The molecule has 2 aromatic carbocycles. The maximum Gasteiger partial charge on any atom is 0.276 e. The summed E-state index contributed by atoms with van der Waals surface area (Å²) in [6, 6.07) is 11.5. The Kier molecular flexibility index (Phi) is 9.84. The number of nitrogens with one attached hydrogen (secondary N) is 2. The van der Waals surface area contributed by atoms with Gasteiger partial charge in [-0.3, -0.25) is 20.4 Å². The summed E-state index contributed by atoms with van der Waals surface area (Å²) in [7, 11) is 0. The van der Waals surface area contributed by atoms with E-state index in [0.29, 0.717) is 23.3 Å². The van der Waals surface area contributed by atoms with Gasteiger partial charge in [-0.25, -0.2) is 0 Å². The molecule has 0 heterocycles. The lowest BCUT2D eigenvalue weighted by atomic mass is 9.99. The van der Waals surface area contributed by atoms with E-state index in [2.05, 4.69) is 70.4 Å². The van der Waals surface area contributed by atoms with Crippen LogP contribution in [-0.4, -0.2) is 25.0 Å². The zero-order valence-corrected chi connectivity index (χ0v) is 21.3. The van der Waals surface area contributed by atoms with Crippen molar-refractivity contribution in [2.75, 3.05) is 13.2 Å². The molecule has 2 N–H and O–H groups in total. The first-order valence-corrected chi connectivity index (χ1v) is 11.7. The molecule has 1 atom stereocenters. The Labute approximate surface area is 200 Å². The summed E-state index contributed by atoms with van der Waals surface area (Å²) in [5, 5.41) is 0. The smallest absolute Gasteiger partial charge is 0.276 e. The number of hydrazine groups is 1. The van der Waals surface area contributed by atoms with E-state index >= 15 is 0 Å². The Morgan fingerprint density at radius 1 is 0.839 bits per heavy atom. The number of benzene rings is 2. The largest absolute Gasteiger partial charge is 0.483 e. The van der Waals surface area contributed by atoms with Gasteiger partial charge in [0.1, 0.15) is 11.5 Å². The summed E-state index contributed by atoms with van der Waals surface area (Å²) in [6.45, 7) is 8.02. The molecule has 0 fully saturated rings. The number of carbonyl (C=O) groups is 2. The highest BCUT2D eigenvalue weighted by atomic mass is 79.9. The molecule has 0 spiro atoms. The molecule has 0 saturated heterocycles. The molecule has 1 unspecified atom stereocenters. The first-order chi connectivity index (χ1) is 14.7. The second-order valence-electron chi connectivity index (χ2n) is 7.52. The molecule has 0 aliphatic carbocycles. The second-order valence-corrected chi connectivity index (χ2v) is 9.23. The molecular formula is C23H28Br2N2O4. The van der Waals surface area contributed by atoms with Crippen LogP contribution in [0.1, 0.15) is 57.1 Å². The van der Waals surface area contributed by atoms with Gasteiger partial charge in [-0.2, -0.15) is 0 Å². The highest BCUT2D eigenvalue weighted by molar-refractivity contribution is 9.10. The fraction of sp³-hybridized carbons (Fsp3) is 0.391. The van der Waals surface area contributed by atoms with Gasteiger partial charge in [0, 0.05) is 0 Å². The van der Waals surface area contributed by atoms with Crippen molar-refractivity contribution >= 4 is 43.7 Å². The number of halogens is 2. The van der Waals surface area contributed by atoms with Gasteiger partial charge in [-0.1, -0.05) is 39.8 Å². The number of carbonyl (C=O) groups excluding carboxylic acids is 2. The fourth-order valence-corrected chi connectivity index (χ4v) is 3.69. The Hall–Kier alpha value is -2.06. The van der Waals surface area contributed by atoms with Crippen LogP contribution < -0.4 is 20.3 Å². The summed E-state index contributed by atoms with van der Waals surface area (Å²) in [5.74, 6) is 0.997. The van der Waals surface area contributed by atoms with Crippen molar-refractivity contribution in [2.45, 2.75) is 46.0 Å². The Bertz CT molecular complexity index is 918. The lowest BCUT2D eigenvalue weighted by Gasteiger charge is -2.13. The van der Waals surface area contributed by atoms with E-state index in [1.807, 2.05) is 36.4 Å². The van der Waals surface area contributed by atoms with Gasteiger partial charge in [0.05, 0.1) is 8.95 Å². The SMILES string of the molecule is CCC(C)c1ccc(OCC(=O)NNC(=O)COc2ccc(C(C)C)cc2Br)c(Br)c1. The molecule has 0 saturated carbocycles. The van der Waals surface area contributed by atoms with Crippen molar-refractivity contribution in [3.05, 3.63) is 56.5 Å². The zero-order valence-electron chi connectivity index (χ0n) is 18.1. The minimum Gasteiger partial charge on any atom is -0.483 e. The van der Waals surface area contributed by atoms with E-state index in [4.69, 9.17) is 9.47 Å². The van der Waals surface area contributed by atoms with E-state index in [1.54, 1.807) is 0 Å². The van der Waals surface area contributed by atoms with E-state index in [1.165, 1.54) is 5.56 Å². The highest BCUT2D eigenvalue weighted by Gasteiger charge is 2.11. The minimum absolute atomic E-state index is 0.232. The molecule has 31 heavy (non-hydrogen) atoms. The molecule has 0 aliphatic heterocycles. The van der Waals surface area contributed by atoms with Crippen LogP contribution in [0.2, 0.25) is 0 Å². The van der Waals surface area contributed by atoms with Gasteiger partial charge in [0.25, 0.3) is 11.8 Å². The molecule has 2 amide bonds. The molecular weight excluding hydrogens is 528 g/mol. The van der Waals surface area contributed by atoms with Gasteiger partial charge >= 0.3 is 0 Å². The van der Waals surface area contributed by atoms with Crippen LogP contribution in [0.25, 0.3) is 0 Å². The predicted octanol–water partition coefficient (Wildman–Crippen LogP) is 5.45. The average Bonchev–Trinajstić information content (AvgIpc) is 2.75. The first-order valence-electron chi connectivity index (χ1n) is 10.1. The van der Waals surface area contributed by atoms with E-state index in [9.17, 15) is 9.59 Å². The van der Waals surface area contributed by atoms with Crippen LogP contribution >= 0.6 is 31.9 Å². The topological polar surface area (TPSA) is 76.7 Å². The lowest BCUT2D eigenvalue weighted by molar-refractivity contribution is -0.131. The minimum atomic E-state index is -0.479. The third kappa shape index (κ3) is 7.85. The maximum atomic E-state index is 12.0. The molecule has 2 aromatic rings. The summed E-state index contributed by atoms with van der Waals surface area (Å²) in [5.41, 5.74) is 6.99. The fourth-order valence-electron chi connectivity index (χ4n) is 2.67. The van der Waals surface area contributed by atoms with Gasteiger partial charge in [0.2, 0.25) is 0 Å². The van der Waals surface area contributed by atoms with Gasteiger partial charge in [0.15, 0.2) is 13.2 Å². The number of amides is 2. The molecule has 168 valence electrons. The molecule has 0 bridgehead atoms. The summed E-state index contributed by atoms with van der Waals surface area (Å²) in [6.07, 6.45) is 1.04. The van der Waals surface area contributed by atoms with E-state index < -0.39 is 11.8 Å². The van der Waals surface area contributed by atoms with Crippen molar-refractivity contribution in [3.63, 3.8) is 0 Å². The first kappa shape index (κ1) is 25.2. The molecule has 6 nitrogen and oxygen atoms in total. The predicted molar refractivity (Wildman–Crippen MR) is 128 cm³/mol. The van der Waals surface area contributed by atoms with E-state index in [-0.39, 0.29) is 13.2 Å². The molecule has 0 radical (unpaired) electrons. The quantitative estimate of drug-likeness (QED) is 0.403. The standard InChI is InChI=1S/C23H28Br2N2O4/c1-5-15(4)17-7-9-21(19(25)11-17)31-13-23(29)27-26-22(28)12-30-20-8-6-16(14(2)3)10-18(20)24/h6-11,14-15H,5,12-13H2,1-4H3,(H,26,28)(H,27,29). The lowest BCUT2D eigenvalue weighted by Crippen LogP contribution is -2.45. The van der Waals surface area contributed by atoms with Gasteiger partial charge in [-0.15, -0.1) is 0 Å². The number of rotatable bonds is 9. The normalized spacial score (nSPS) is 11.7. The highest BCUT2D eigenvalue weighted by Crippen LogP contribution is 2.30. The molecule has 2 rings (SSSR count). The van der Waals surface area contributed by atoms with Crippen LogP contribution in [0, 0.1) is 0 Å². The average molecular weight is 556 g/mol. The van der Waals surface area contributed by atoms with Crippen molar-refractivity contribution in [3.8, 4) is 11.5 Å². The number of hydrogen-bond donors (Lipinski definition) is 2. The van der Waals surface area contributed by atoms with Crippen molar-refractivity contribution in [1.29, 1.82) is 0 Å². The third-order valence-electron chi connectivity index (χ3n) is 4.82. The van der Waals surface area contributed by atoms with Crippen molar-refractivity contribution in [2.24, 2.45) is 0 Å². The van der Waals surface area contributed by atoms with Crippen LogP contribution in [0.5, 0.6) is 11.5 Å². The van der Waals surface area contributed by atoms with Crippen LogP contribution in [0.3, 0.4) is 0 Å². The number of ether oxygens (including phenoxy) is 2. The zero-order chi connectivity index (χ0) is 23.0. The summed E-state index contributed by atoms with van der Waals surface area (Å²) < 4.78 is 12.6. The summed E-state index contributed by atoms with van der Waals surface area (Å²) in [4.78, 5) is 23.9. The van der Waals surface area contributed by atoms with Gasteiger partial charge in [-0.05, 0) is 85.5 Å². The van der Waals surface area contributed by atoms with Crippen LogP contribution in [-0.2, 0) is 9.59 Å². The number of hydrogen-bond acceptors (Lipinski definition) is 4. The van der Waals surface area contributed by atoms with Crippen LogP contribution in [0.15, 0.2) is 45.3 Å². The molecule has 0 aliphatic rings. The Morgan fingerprint density at radius 2 is 1.29 bits per heavy atom. The maximum absolute atomic E-state index is 12.0. The second kappa shape index (κ2) is 12.1. The van der Waals surface area contributed by atoms with E-state index in [0.717, 1.165) is 20.9 Å². The summed E-state index contributed by atoms with van der Waals surface area (Å²) >= 11 is 6.92. The van der Waals surface area contributed by atoms with Gasteiger partial charge < -0.3 is 9.47 Å². The van der Waals surface area contributed by atoms with Crippen molar-refractivity contribution in [1.82, 2.24) is 10.9 Å². The Morgan fingerprint density at radius 3 is 1.71 bits per heavy atom.